The lowest BCUT2D eigenvalue weighted by Gasteiger charge is -2.03. The fourth-order valence-corrected chi connectivity index (χ4v) is 3.07. The fourth-order valence-electron chi connectivity index (χ4n) is 1.93. The molecular formula is C15H17ClN2OS. The lowest BCUT2D eigenvalue weighted by Crippen LogP contribution is -2.10. The second kappa shape index (κ2) is 6.95. The third-order valence-electron chi connectivity index (χ3n) is 3.01. The highest BCUT2D eigenvalue weighted by molar-refractivity contribution is 8.00. The average Bonchev–Trinajstić information content (AvgIpc) is 2.73. The van der Waals surface area contributed by atoms with E-state index in [1.54, 1.807) is 16.4 Å². The van der Waals surface area contributed by atoms with Gasteiger partial charge in [0.15, 0.2) is 0 Å². The van der Waals surface area contributed by atoms with Crippen molar-refractivity contribution in [2.75, 3.05) is 5.75 Å². The van der Waals surface area contributed by atoms with Crippen LogP contribution in [0.2, 0.25) is 5.02 Å². The van der Waals surface area contributed by atoms with Crippen LogP contribution in [0.1, 0.15) is 18.3 Å². The van der Waals surface area contributed by atoms with Crippen LogP contribution in [-0.4, -0.2) is 21.3 Å². The summed E-state index contributed by atoms with van der Waals surface area (Å²) in [5, 5.41) is 4.96. The molecule has 1 aromatic carbocycles. The van der Waals surface area contributed by atoms with Gasteiger partial charge in [0.05, 0.1) is 28.6 Å². The molecule has 5 heteroatoms. The predicted molar refractivity (Wildman–Crippen MR) is 83.5 cm³/mol. The number of thioether (sulfide) groups is 1. The number of carbonyl (C=O) groups is 1. The Kier molecular flexibility index (Phi) is 5.26. The molecule has 0 atom stereocenters. The molecule has 1 heterocycles. The van der Waals surface area contributed by atoms with Crippen LogP contribution in [0.15, 0.2) is 35.2 Å². The van der Waals surface area contributed by atoms with Crippen molar-refractivity contribution >= 4 is 29.1 Å². The standard InChI is InChI=1S/C15H17ClN2OS/c1-3-13-15(16)14(18(2)17-13)9-11(19)10-20-12-7-5-4-6-8-12/h4-8H,3,9-10H2,1-2H3. The number of ketones is 1. The maximum Gasteiger partial charge on any atom is 0.149 e. The van der Waals surface area contributed by atoms with Gasteiger partial charge in [0.2, 0.25) is 0 Å². The van der Waals surface area contributed by atoms with Crippen molar-refractivity contribution in [3.8, 4) is 0 Å². The van der Waals surface area contributed by atoms with Crippen LogP contribution in [0.4, 0.5) is 0 Å². The van der Waals surface area contributed by atoms with E-state index in [2.05, 4.69) is 5.10 Å². The number of hydrogen-bond donors (Lipinski definition) is 0. The molecule has 2 aromatic rings. The summed E-state index contributed by atoms with van der Waals surface area (Å²) < 4.78 is 1.71. The Morgan fingerprint density at radius 2 is 2.05 bits per heavy atom. The quantitative estimate of drug-likeness (QED) is 0.766. The van der Waals surface area contributed by atoms with E-state index in [1.807, 2.05) is 44.3 Å². The first-order valence-electron chi connectivity index (χ1n) is 6.51. The van der Waals surface area contributed by atoms with Crippen LogP contribution in [0, 0.1) is 0 Å². The van der Waals surface area contributed by atoms with E-state index in [4.69, 9.17) is 11.6 Å². The number of aryl methyl sites for hydroxylation is 2. The molecule has 0 fully saturated rings. The third-order valence-corrected chi connectivity index (χ3v) is 4.52. The van der Waals surface area contributed by atoms with Gasteiger partial charge < -0.3 is 0 Å². The Bertz CT molecular complexity index is 595. The molecule has 0 bridgehead atoms. The molecule has 0 spiro atoms. The zero-order valence-electron chi connectivity index (χ0n) is 11.6. The zero-order valence-corrected chi connectivity index (χ0v) is 13.2. The van der Waals surface area contributed by atoms with Crippen LogP contribution in [0.5, 0.6) is 0 Å². The summed E-state index contributed by atoms with van der Waals surface area (Å²) in [5.74, 6) is 0.610. The maximum absolute atomic E-state index is 12.1. The van der Waals surface area contributed by atoms with Crippen LogP contribution in [0.25, 0.3) is 0 Å². The summed E-state index contributed by atoms with van der Waals surface area (Å²) in [6, 6.07) is 9.92. The lowest BCUT2D eigenvalue weighted by molar-refractivity contribution is -0.116. The molecule has 0 aliphatic rings. The van der Waals surface area contributed by atoms with Gasteiger partial charge in [0, 0.05) is 11.9 Å². The van der Waals surface area contributed by atoms with Gasteiger partial charge >= 0.3 is 0 Å². The van der Waals surface area contributed by atoms with Gasteiger partial charge in [-0.2, -0.15) is 5.10 Å². The van der Waals surface area contributed by atoms with Crippen molar-refractivity contribution in [2.24, 2.45) is 7.05 Å². The Morgan fingerprint density at radius 3 is 2.65 bits per heavy atom. The van der Waals surface area contributed by atoms with Crippen molar-refractivity contribution < 1.29 is 4.79 Å². The molecule has 3 nitrogen and oxygen atoms in total. The summed E-state index contributed by atoms with van der Waals surface area (Å²) in [6.45, 7) is 2.01. The fraction of sp³-hybridized carbons (Fsp3) is 0.333. The molecule has 0 saturated heterocycles. The SMILES string of the molecule is CCc1nn(C)c(CC(=O)CSc2ccccc2)c1Cl. The van der Waals surface area contributed by atoms with Crippen LogP contribution in [0.3, 0.4) is 0 Å². The van der Waals surface area contributed by atoms with Crippen LogP contribution in [-0.2, 0) is 24.7 Å². The number of nitrogens with zero attached hydrogens (tertiary/aromatic N) is 2. The molecule has 1 aromatic heterocycles. The van der Waals surface area contributed by atoms with E-state index in [1.165, 1.54) is 0 Å². The second-order valence-electron chi connectivity index (χ2n) is 4.50. The smallest absolute Gasteiger partial charge is 0.149 e. The van der Waals surface area contributed by atoms with E-state index < -0.39 is 0 Å². The van der Waals surface area contributed by atoms with E-state index in [9.17, 15) is 4.79 Å². The number of carbonyl (C=O) groups excluding carboxylic acids is 1. The van der Waals surface area contributed by atoms with E-state index in [-0.39, 0.29) is 5.78 Å². The molecule has 0 radical (unpaired) electrons. The van der Waals surface area contributed by atoms with E-state index in [0.717, 1.165) is 22.7 Å². The highest BCUT2D eigenvalue weighted by Crippen LogP contribution is 2.23. The summed E-state index contributed by atoms with van der Waals surface area (Å²) in [4.78, 5) is 13.2. The molecule has 0 aliphatic carbocycles. The second-order valence-corrected chi connectivity index (χ2v) is 5.93. The molecular weight excluding hydrogens is 292 g/mol. The van der Waals surface area contributed by atoms with Crippen LogP contribution < -0.4 is 0 Å². The first-order chi connectivity index (χ1) is 9.61. The first kappa shape index (κ1) is 15.1. The summed E-state index contributed by atoms with van der Waals surface area (Å²) in [6.07, 6.45) is 1.11. The number of Topliss-reactive ketones (excluding diaryl/α,β-unsaturated/α-hetero) is 1. The van der Waals surface area contributed by atoms with Gasteiger partial charge in [0.25, 0.3) is 0 Å². The minimum Gasteiger partial charge on any atom is -0.298 e. The topological polar surface area (TPSA) is 34.9 Å². The van der Waals surface area contributed by atoms with Crippen molar-refractivity contribution in [2.45, 2.75) is 24.7 Å². The number of halogens is 1. The summed E-state index contributed by atoms with van der Waals surface area (Å²) >= 11 is 7.80. The molecule has 0 N–H and O–H groups in total. The predicted octanol–water partition coefficient (Wildman–Crippen LogP) is 3.54. The Hall–Kier alpha value is -1.26. The molecule has 0 saturated carbocycles. The molecule has 2 rings (SSSR count). The minimum absolute atomic E-state index is 0.159. The van der Waals surface area contributed by atoms with Crippen molar-refractivity contribution in [1.29, 1.82) is 0 Å². The van der Waals surface area contributed by atoms with Gasteiger partial charge in [-0.05, 0) is 18.6 Å². The monoisotopic (exact) mass is 308 g/mol. The summed E-state index contributed by atoms with van der Waals surface area (Å²) in [5.41, 5.74) is 1.66. The molecule has 0 amide bonds. The van der Waals surface area contributed by atoms with Crippen molar-refractivity contribution in [1.82, 2.24) is 9.78 Å². The minimum atomic E-state index is 0.159. The largest absolute Gasteiger partial charge is 0.298 e. The maximum atomic E-state index is 12.1. The molecule has 106 valence electrons. The van der Waals surface area contributed by atoms with E-state index in [0.29, 0.717) is 17.2 Å². The number of rotatable bonds is 6. The van der Waals surface area contributed by atoms with Gasteiger partial charge in [0.1, 0.15) is 5.78 Å². The van der Waals surface area contributed by atoms with Gasteiger partial charge in [-0.25, -0.2) is 0 Å². The zero-order chi connectivity index (χ0) is 14.5. The lowest BCUT2D eigenvalue weighted by atomic mass is 10.2. The van der Waals surface area contributed by atoms with Crippen LogP contribution >= 0.6 is 23.4 Å². The highest BCUT2D eigenvalue weighted by atomic mass is 35.5. The van der Waals surface area contributed by atoms with Crippen molar-refractivity contribution in [3.05, 3.63) is 46.7 Å². The molecule has 0 unspecified atom stereocenters. The van der Waals surface area contributed by atoms with Gasteiger partial charge in [-0.15, -0.1) is 11.8 Å². The average molecular weight is 309 g/mol. The molecule has 0 aliphatic heterocycles. The first-order valence-corrected chi connectivity index (χ1v) is 7.88. The van der Waals surface area contributed by atoms with Crippen molar-refractivity contribution in [3.63, 3.8) is 0 Å². The number of benzene rings is 1. The van der Waals surface area contributed by atoms with Gasteiger partial charge in [-0.1, -0.05) is 36.7 Å². The van der Waals surface area contributed by atoms with Gasteiger partial charge in [-0.3, -0.25) is 9.48 Å². The Balaban J connectivity index is 1.97. The normalized spacial score (nSPS) is 10.8. The highest BCUT2D eigenvalue weighted by Gasteiger charge is 2.16. The molecule has 20 heavy (non-hydrogen) atoms. The Morgan fingerprint density at radius 1 is 1.35 bits per heavy atom. The van der Waals surface area contributed by atoms with E-state index >= 15 is 0 Å². The summed E-state index contributed by atoms with van der Waals surface area (Å²) in [7, 11) is 1.83. The third kappa shape index (κ3) is 3.64. The number of hydrogen-bond acceptors (Lipinski definition) is 3. The number of aromatic nitrogens is 2. The Labute approximate surface area is 128 Å².